The fourth-order valence-electron chi connectivity index (χ4n) is 2.74. The minimum atomic E-state index is -0.848. The number of non-ortho nitro benzene ring substituents is 1. The van der Waals surface area contributed by atoms with Crippen LogP contribution in [-0.4, -0.2) is 34.5 Å². The van der Waals surface area contributed by atoms with Gasteiger partial charge in [0.1, 0.15) is 0 Å². The lowest BCUT2D eigenvalue weighted by Gasteiger charge is -2.37. The molecule has 2 rings (SSSR count). The summed E-state index contributed by atoms with van der Waals surface area (Å²) in [5.41, 5.74) is 0.440. The van der Waals surface area contributed by atoms with E-state index in [2.05, 4.69) is 0 Å². The highest BCUT2D eigenvalue weighted by Crippen LogP contribution is 2.32. The number of nitro groups is 1. The Morgan fingerprint density at radius 2 is 1.79 bits per heavy atom. The van der Waals surface area contributed by atoms with Crippen molar-refractivity contribution in [2.75, 3.05) is 7.11 Å². The number of methoxy groups -OCH3 is 1. The zero-order valence-corrected chi connectivity index (χ0v) is 16.8. The van der Waals surface area contributed by atoms with E-state index >= 15 is 0 Å². The molecule has 0 aliphatic rings. The molecular formula is C21H26N2O5. The lowest BCUT2D eigenvalue weighted by atomic mass is 10.0. The van der Waals surface area contributed by atoms with Crippen LogP contribution in [0.5, 0.6) is 11.5 Å². The molecule has 0 heterocycles. The molecule has 0 saturated heterocycles. The van der Waals surface area contributed by atoms with E-state index in [9.17, 15) is 14.9 Å². The standard InChI is InChI=1S/C21H26N2O5/c1-15(28-19-13-17(23(25)26)11-12-18(19)27-5)20(24)22(21(2,3)4)14-16-9-7-6-8-10-16/h6-13,15H,14H2,1-5H3/t15-/m1/s1. The van der Waals surface area contributed by atoms with Gasteiger partial charge in [-0.05, 0) is 39.3 Å². The first-order valence-corrected chi connectivity index (χ1v) is 8.98. The summed E-state index contributed by atoms with van der Waals surface area (Å²) in [7, 11) is 1.44. The van der Waals surface area contributed by atoms with Crippen LogP contribution in [0.2, 0.25) is 0 Å². The zero-order valence-electron chi connectivity index (χ0n) is 16.8. The van der Waals surface area contributed by atoms with E-state index in [1.54, 1.807) is 11.8 Å². The van der Waals surface area contributed by atoms with E-state index in [1.807, 2.05) is 51.1 Å². The summed E-state index contributed by atoms with van der Waals surface area (Å²) in [4.78, 5) is 25.4. The van der Waals surface area contributed by atoms with Crippen LogP contribution < -0.4 is 9.47 Å². The highest BCUT2D eigenvalue weighted by molar-refractivity contribution is 5.81. The van der Waals surface area contributed by atoms with Gasteiger partial charge in [-0.3, -0.25) is 14.9 Å². The molecule has 7 nitrogen and oxygen atoms in total. The van der Waals surface area contributed by atoms with Crippen molar-refractivity contribution in [2.45, 2.75) is 45.9 Å². The third kappa shape index (κ3) is 5.22. The minimum absolute atomic E-state index is 0.132. The van der Waals surface area contributed by atoms with E-state index in [1.165, 1.54) is 25.3 Å². The molecule has 0 radical (unpaired) electrons. The van der Waals surface area contributed by atoms with E-state index in [-0.39, 0.29) is 17.3 Å². The van der Waals surface area contributed by atoms with Crippen molar-refractivity contribution in [3.63, 3.8) is 0 Å². The minimum Gasteiger partial charge on any atom is -0.493 e. The molecule has 0 aliphatic heterocycles. The lowest BCUT2D eigenvalue weighted by Crippen LogP contribution is -2.50. The molecule has 1 atom stereocenters. The Labute approximate surface area is 165 Å². The number of hydrogen-bond acceptors (Lipinski definition) is 5. The quantitative estimate of drug-likeness (QED) is 0.526. The number of carbonyl (C=O) groups is 1. The molecule has 0 spiro atoms. The predicted octanol–water partition coefficient (Wildman–Crippen LogP) is 4.20. The van der Waals surface area contributed by atoms with Gasteiger partial charge in [-0.2, -0.15) is 0 Å². The Kier molecular flexibility index (Phi) is 6.62. The summed E-state index contributed by atoms with van der Waals surface area (Å²) in [6, 6.07) is 13.7. The van der Waals surface area contributed by atoms with Crippen LogP contribution in [0.25, 0.3) is 0 Å². The van der Waals surface area contributed by atoms with Crippen LogP contribution in [-0.2, 0) is 11.3 Å². The first-order valence-electron chi connectivity index (χ1n) is 8.98. The molecule has 2 aromatic carbocycles. The van der Waals surface area contributed by atoms with Gasteiger partial charge in [-0.25, -0.2) is 0 Å². The SMILES string of the molecule is COc1ccc([N+](=O)[O-])cc1O[C@H](C)C(=O)N(Cc1ccccc1)C(C)(C)C. The monoisotopic (exact) mass is 386 g/mol. The van der Waals surface area contributed by atoms with Crippen LogP contribution in [0, 0.1) is 10.1 Å². The van der Waals surface area contributed by atoms with Gasteiger partial charge in [0.2, 0.25) is 0 Å². The number of ether oxygens (including phenoxy) is 2. The molecule has 0 bridgehead atoms. The number of benzene rings is 2. The number of nitro benzene ring substituents is 1. The Morgan fingerprint density at radius 1 is 1.14 bits per heavy atom. The van der Waals surface area contributed by atoms with E-state index in [0.717, 1.165) is 5.56 Å². The molecule has 0 saturated carbocycles. The Bertz CT molecular complexity index is 830. The van der Waals surface area contributed by atoms with E-state index in [0.29, 0.717) is 12.3 Å². The third-order valence-electron chi connectivity index (χ3n) is 4.27. The first kappa shape index (κ1) is 21.2. The van der Waals surface area contributed by atoms with E-state index < -0.39 is 16.6 Å². The average molecular weight is 386 g/mol. The van der Waals surface area contributed by atoms with Crippen molar-refractivity contribution in [3.05, 3.63) is 64.2 Å². The molecule has 0 fully saturated rings. The topological polar surface area (TPSA) is 81.9 Å². The molecule has 28 heavy (non-hydrogen) atoms. The zero-order chi connectivity index (χ0) is 20.9. The van der Waals surface area contributed by atoms with Gasteiger partial charge in [0, 0.05) is 18.2 Å². The van der Waals surface area contributed by atoms with Crippen molar-refractivity contribution in [1.82, 2.24) is 4.90 Å². The smallest absolute Gasteiger partial charge is 0.273 e. The maximum absolute atomic E-state index is 13.1. The normalized spacial score (nSPS) is 12.2. The fraction of sp³-hybridized carbons (Fsp3) is 0.381. The van der Waals surface area contributed by atoms with Crippen molar-refractivity contribution in [2.24, 2.45) is 0 Å². The van der Waals surface area contributed by atoms with Crippen LogP contribution >= 0.6 is 0 Å². The maximum atomic E-state index is 13.1. The molecule has 0 aliphatic carbocycles. The van der Waals surface area contributed by atoms with Gasteiger partial charge in [-0.15, -0.1) is 0 Å². The highest BCUT2D eigenvalue weighted by Gasteiger charge is 2.31. The molecular weight excluding hydrogens is 360 g/mol. The summed E-state index contributed by atoms with van der Waals surface area (Å²) >= 11 is 0. The Hall–Kier alpha value is -3.09. The van der Waals surface area contributed by atoms with E-state index in [4.69, 9.17) is 9.47 Å². The summed E-state index contributed by atoms with van der Waals surface area (Å²) in [6.45, 7) is 7.92. The number of hydrogen-bond donors (Lipinski definition) is 0. The van der Waals surface area contributed by atoms with Gasteiger partial charge in [0.25, 0.3) is 11.6 Å². The summed E-state index contributed by atoms with van der Waals surface area (Å²) in [6.07, 6.45) is -0.848. The van der Waals surface area contributed by atoms with Gasteiger partial charge in [0.15, 0.2) is 17.6 Å². The molecule has 0 N–H and O–H groups in total. The Balaban J connectivity index is 2.25. The molecule has 150 valence electrons. The third-order valence-corrected chi connectivity index (χ3v) is 4.27. The summed E-state index contributed by atoms with van der Waals surface area (Å²) in [5.74, 6) is 0.270. The first-order chi connectivity index (χ1) is 13.1. The number of amides is 1. The van der Waals surface area contributed by atoms with Gasteiger partial charge < -0.3 is 14.4 Å². The van der Waals surface area contributed by atoms with Gasteiger partial charge >= 0.3 is 0 Å². The second kappa shape index (κ2) is 8.73. The Morgan fingerprint density at radius 3 is 2.32 bits per heavy atom. The van der Waals surface area contributed by atoms with Crippen molar-refractivity contribution in [3.8, 4) is 11.5 Å². The molecule has 0 unspecified atom stereocenters. The number of rotatable bonds is 7. The fourth-order valence-corrected chi connectivity index (χ4v) is 2.74. The predicted molar refractivity (Wildman–Crippen MR) is 106 cm³/mol. The van der Waals surface area contributed by atoms with Crippen molar-refractivity contribution >= 4 is 11.6 Å². The van der Waals surface area contributed by atoms with Crippen LogP contribution in [0.15, 0.2) is 48.5 Å². The number of carbonyl (C=O) groups excluding carboxylic acids is 1. The number of nitrogens with zero attached hydrogens (tertiary/aromatic N) is 2. The second-order valence-electron chi connectivity index (χ2n) is 7.43. The molecule has 2 aromatic rings. The van der Waals surface area contributed by atoms with Crippen LogP contribution in [0.3, 0.4) is 0 Å². The largest absolute Gasteiger partial charge is 0.493 e. The van der Waals surface area contributed by atoms with Gasteiger partial charge in [-0.1, -0.05) is 30.3 Å². The van der Waals surface area contributed by atoms with Crippen molar-refractivity contribution < 1.29 is 19.2 Å². The van der Waals surface area contributed by atoms with Crippen molar-refractivity contribution in [1.29, 1.82) is 0 Å². The second-order valence-corrected chi connectivity index (χ2v) is 7.43. The van der Waals surface area contributed by atoms with Gasteiger partial charge in [0.05, 0.1) is 18.1 Å². The molecule has 0 aromatic heterocycles. The average Bonchev–Trinajstić information content (AvgIpc) is 2.65. The maximum Gasteiger partial charge on any atom is 0.273 e. The molecule has 7 heteroatoms. The molecule has 1 amide bonds. The highest BCUT2D eigenvalue weighted by atomic mass is 16.6. The van der Waals surface area contributed by atoms with Crippen LogP contribution in [0.1, 0.15) is 33.3 Å². The summed E-state index contributed by atoms with van der Waals surface area (Å²) < 4.78 is 11.0. The summed E-state index contributed by atoms with van der Waals surface area (Å²) in [5, 5.41) is 11.0. The van der Waals surface area contributed by atoms with Crippen LogP contribution in [0.4, 0.5) is 5.69 Å². The lowest BCUT2D eigenvalue weighted by molar-refractivity contribution is -0.385.